The summed E-state index contributed by atoms with van der Waals surface area (Å²) in [6.07, 6.45) is 54.5. The van der Waals surface area contributed by atoms with Gasteiger partial charge in [-0.05, 0) is 51.4 Å². The molecular formula is C46H86CaO4. The fourth-order valence-electron chi connectivity index (χ4n) is 6.77. The van der Waals surface area contributed by atoms with Gasteiger partial charge in [0.2, 0.25) is 0 Å². The van der Waals surface area contributed by atoms with Crippen LogP contribution in [-0.2, 0) is 9.59 Å². The molecule has 0 aromatic heterocycles. The van der Waals surface area contributed by atoms with Gasteiger partial charge in [0.25, 0.3) is 0 Å². The van der Waals surface area contributed by atoms with Gasteiger partial charge < -0.3 is 19.8 Å². The number of aliphatic carboxylic acids is 2. The Kier molecular flexibility index (Phi) is 55.9. The first-order chi connectivity index (χ1) is 24.5. The average molecular weight is 743 g/mol. The Morgan fingerprint density at radius 3 is 0.569 bits per heavy atom. The third-order valence-corrected chi connectivity index (χ3v) is 10.1. The van der Waals surface area contributed by atoms with Gasteiger partial charge in [-0.1, -0.05) is 218 Å². The number of hydrogen-bond donors (Lipinski definition) is 0. The summed E-state index contributed by atoms with van der Waals surface area (Å²) in [6.45, 7) is 7.53. The van der Waals surface area contributed by atoms with Gasteiger partial charge >= 0.3 is 37.7 Å². The number of hydrogen-bond acceptors (Lipinski definition) is 4. The van der Waals surface area contributed by atoms with E-state index in [1.807, 2.05) is 12.2 Å². The summed E-state index contributed by atoms with van der Waals surface area (Å²) in [4.78, 5) is 20.6. The number of carboxylic acids is 2. The molecule has 0 rings (SSSR count). The fourth-order valence-corrected chi connectivity index (χ4v) is 6.77. The first kappa shape index (κ1) is 55.0. The molecule has 0 saturated heterocycles. The van der Waals surface area contributed by atoms with Crippen LogP contribution in [0, 0.1) is 0 Å². The molecule has 0 fully saturated rings. The third kappa shape index (κ3) is 59.2. The van der Waals surface area contributed by atoms with Gasteiger partial charge in [0.05, 0.1) is 0 Å². The molecule has 51 heavy (non-hydrogen) atoms. The van der Waals surface area contributed by atoms with Crippen molar-refractivity contribution in [2.45, 2.75) is 257 Å². The molecule has 0 unspecified atom stereocenters. The van der Waals surface area contributed by atoms with Gasteiger partial charge in [-0.15, -0.1) is 13.2 Å². The van der Waals surface area contributed by atoms with E-state index in [1.165, 1.54) is 218 Å². The van der Waals surface area contributed by atoms with Gasteiger partial charge in [0, 0.05) is 11.9 Å². The van der Waals surface area contributed by atoms with Crippen LogP contribution in [-0.4, -0.2) is 49.7 Å². The smallest absolute Gasteiger partial charge is 0.550 e. The molecule has 0 aliphatic rings. The van der Waals surface area contributed by atoms with Gasteiger partial charge in [0.1, 0.15) is 0 Å². The van der Waals surface area contributed by atoms with E-state index in [4.69, 9.17) is 0 Å². The van der Waals surface area contributed by atoms with Crippen molar-refractivity contribution < 1.29 is 19.8 Å². The molecule has 0 aromatic rings. The van der Waals surface area contributed by atoms with E-state index >= 15 is 0 Å². The van der Waals surface area contributed by atoms with E-state index in [-0.39, 0.29) is 50.6 Å². The van der Waals surface area contributed by atoms with E-state index in [2.05, 4.69) is 13.2 Å². The van der Waals surface area contributed by atoms with Crippen LogP contribution in [0.3, 0.4) is 0 Å². The summed E-state index contributed by atoms with van der Waals surface area (Å²) in [5, 5.41) is 20.6. The minimum absolute atomic E-state index is 0. The zero-order chi connectivity index (χ0) is 36.9. The van der Waals surface area contributed by atoms with Crippen molar-refractivity contribution in [2.75, 3.05) is 0 Å². The molecule has 0 N–H and O–H groups in total. The second-order valence-corrected chi connectivity index (χ2v) is 15.1. The second kappa shape index (κ2) is 51.8. The third-order valence-electron chi connectivity index (χ3n) is 10.1. The predicted molar refractivity (Wildman–Crippen MR) is 221 cm³/mol. The summed E-state index contributed by atoms with van der Waals surface area (Å²) >= 11 is 0. The van der Waals surface area contributed by atoms with Crippen LogP contribution in [0.5, 0.6) is 0 Å². The quantitative estimate of drug-likeness (QED) is 0.0354. The summed E-state index contributed by atoms with van der Waals surface area (Å²) in [5.41, 5.74) is 0. The van der Waals surface area contributed by atoms with Crippen molar-refractivity contribution in [1.29, 1.82) is 0 Å². The van der Waals surface area contributed by atoms with Crippen molar-refractivity contribution >= 4 is 49.7 Å². The molecule has 0 atom stereocenters. The van der Waals surface area contributed by atoms with Crippen LogP contribution in [0.15, 0.2) is 25.3 Å². The predicted octanol–water partition coefficient (Wildman–Crippen LogP) is 13.1. The number of carboxylic acid groups (broad SMARTS) is 2. The van der Waals surface area contributed by atoms with E-state index in [9.17, 15) is 19.8 Å². The maximum atomic E-state index is 10.3. The van der Waals surface area contributed by atoms with Crippen molar-refractivity contribution in [3.05, 3.63) is 25.3 Å². The molecule has 0 spiro atoms. The molecule has 0 bridgehead atoms. The molecular weight excluding hydrogens is 657 g/mol. The number of carbonyl (C=O) groups is 2. The molecule has 0 aliphatic carbocycles. The zero-order valence-electron chi connectivity index (χ0n) is 34.2. The van der Waals surface area contributed by atoms with Crippen LogP contribution in [0.25, 0.3) is 0 Å². The van der Waals surface area contributed by atoms with Crippen LogP contribution in [0.2, 0.25) is 0 Å². The van der Waals surface area contributed by atoms with E-state index in [1.54, 1.807) is 0 Å². The Balaban J connectivity index is -0.000000886. The Hall–Kier alpha value is -0.320. The van der Waals surface area contributed by atoms with Gasteiger partial charge in [-0.2, -0.15) is 0 Å². The Bertz CT molecular complexity index is 637. The van der Waals surface area contributed by atoms with Gasteiger partial charge in [0.15, 0.2) is 0 Å². The zero-order valence-corrected chi connectivity index (χ0v) is 36.4. The Morgan fingerprint density at radius 1 is 0.294 bits per heavy atom. The van der Waals surface area contributed by atoms with Gasteiger partial charge in [-0.25, -0.2) is 0 Å². The fraction of sp³-hybridized carbons (Fsp3) is 0.870. The standard InChI is InChI=1S/2C23H44O2.Ca/c2*1-2-3-4-5-6-7-8-9-10-11-12-13-14-15-16-17-18-19-20-21-22-23(24)25;/h2*2H,1,3-22H2,(H,24,25);/q;;+2/p-2. The van der Waals surface area contributed by atoms with E-state index in [0.29, 0.717) is 0 Å². The largest absolute Gasteiger partial charge is 2.00 e. The summed E-state index contributed by atoms with van der Waals surface area (Å²) in [6, 6.07) is 0. The minimum atomic E-state index is -0.903. The molecule has 0 aliphatic heterocycles. The molecule has 4 nitrogen and oxygen atoms in total. The SMILES string of the molecule is C=CCCCCCCCCCCCCCCCCCCCCC(=O)[O-].C=CCCCCCCCCCCCCCCCCCCCCC(=O)[O-].[Ca+2]. The molecule has 5 heteroatoms. The van der Waals surface area contributed by atoms with Crippen LogP contribution in [0.1, 0.15) is 257 Å². The van der Waals surface area contributed by atoms with E-state index < -0.39 is 11.9 Å². The summed E-state index contributed by atoms with van der Waals surface area (Å²) in [7, 11) is 0. The van der Waals surface area contributed by atoms with E-state index in [0.717, 1.165) is 25.7 Å². The number of rotatable bonds is 42. The second-order valence-electron chi connectivity index (χ2n) is 15.1. The number of allylic oxidation sites excluding steroid dienone is 2. The maximum Gasteiger partial charge on any atom is 2.00 e. The molecule has 296 valence electrons. The van der Waals surface area contributed by atoms with Crippen molar-refractivity contribution in [3.63, 3.8) is 0 Å². The average Bonchev–Trinajstić information content (AvgIpc) is 3.10. The molecule has 0 aromatic carbocycles. The van der Waals surface area contributed by atoms with Gasteiger partial charge in [-0.3, -0.25) is 0 Å². The summed E-state index contributed by atoms with van der Waals surface area (Å²) in [5.74, 6) is -1.81. The molecule has 0 amide bonds. The normalized spacial score (nSPS) is 10.7. The molecule has 0 radical (unpaired) electrons. The van der Waals surface area contributed by atoms with Crippen LogP contribution in [0.4, 0.5) is 0 Å². The van der Waals surface area contributed by atoms with Crippen molar-refractivity contribution in [3.8, 4) is 0 Å². The number of unbranched alkanes of at least 4 members (excludes halogenated alkanes) is 36. The number of carbonyl (C=O) groups excluding carboxylic acids is 2. The topological polar surface area (TPSA) is 80.3 Å². The van der Waals surface area contributed by atoms with Crippen molar-refractivity contribution in [2.24, 2.45) is 0 Å². The van der Waals surface area contributed by atoms with Crippen molar-refractivity contribution in [1.82, 2.24) is 0 Å². The van der Waals surface area contributed by atoms with Crippen LogP contribution >= 0.6 is 0 Å². The molecule has 0 saturated carbocycles. The Morgan fingerprint density at radius 2 is 0.431 bits per heavy atom. The monoisotopic (exact) mass is 743 g/mol. The first-order valence-electron chi connectivity index (χ1n) is 22.2. The Labute approximate surface area is 349 Å². The first-order valence-corrected chi connectivity index (χ1v) is 22.2. The maximum absolute atomic E-state index is 10.3. The summed E-state index contributed by atoms with van der Waals surface area (Å²) < 4.78 is 0. The minimum Gasteiger partial charge on any atom is -0.550 e. The molecule has 0 heterocycles. The van der Waals surface area contributed by atoms with Crippen LogP contribution < -0.4 is 10.2 Å².